The third-order valence-corrected chi connectivity index (χ3v) is 4.93. The number of nitrogens with one attached hydrogen (secondary N) is 2. The summed E-state index contributed by atoms with van der Waals surface area (Å²) >= 11 is 5.98. The number of carbonyl (C=O) groups is 1. The summed E-state index contributed by atoms with van der Waals surface area (Å²) < 4.78 is 48.3. The fourth-order valence-corrected chi connectivity index (χ4v) is 3.28. The van der Waals surface area contributed by atoms with Crippen LogP contribution >= 0.6 is 20.8 Å². The molecule has 3 rings (SSSR count). The summed E-state index contributed by atoms with van der Waals surface area (Å²) in [6.07, 6.45) is -0.375. The molecule has 0 saturated carbocycles. The molecule has 170 valence electrons. The molecular weight excluding hydrogens is 466 g/mol. The van der Waals surface area contributed by atoms with E-state index in [4.69, 9.17) is 22.1 Å². The summed E-state index contributed by atoms with van der Waals surface area (Å²) in [6.45, 7) is 5.05. The van der Waals surface area contributed by atoms with Gasteiger partial charge in [0.05, 0.1) is 23.1 Å². The lowest BCUT2D eigenvalue weighted by atomic mass is 10.0. The molecule has 0 spiro atoms. The second kappa shape index (κ2) is 8.96. The van der Waals surface area contributed by atoms with Crippen molar-refractivity contribution in [1.29, 1.82) is 0 Å². The Kier molecular flexibility index (Phi) is 6.67. The van der Waals surface area contributed by atoms with Gasteiger partial charge in [-0.3, -0.25) is 9.89 Å². The number of nitrogen functional groups attached to an aromatic ring is 1. The van der Waals surface area contributed by atoms with E-state index in [1.54, 1.807) is 20.8 Å². The van der Waals surface area contributed by atoms with Crippen LogP contribution in [0.2, 0.25) is 5.15 Å². The number of aromatic amines is 1. The smallest absolute Gasteiger partial charge is 0.284 e. The number of amides is 1. The molecular formula is C20H20ClF3N5O2P. The number of anilines is 2. The van der Waals surface area contributed by atoms with Crippen LogP contribution in [0.3, 0.4) is 0 Å². The first kappa shape index (κ1) is 23.8. The Labute approximate surface area is 189 Å². The van der Waals surface area contributed by atoms with Gasteiger partial charge in [0.1, 0.15) is 28.2 Å². The van der Waals surface area contributed by atoms with Crippen molar-refractivity contribution in [3.05, 3.63) is 52.1 Å². The molecule has 2 aromatic heterocycles. The minimum Gasteiger partial charge on any atom is -0.490 e. The molecule has 0 radical (unpaired) electrons. The molecule has 12 heteroatoms. The van der Waals surface area contributed by atoms with Crippen LogP contribution in [0.4, 0.5) is 24.7 Å². The number of rotatable bonds is 6. The molecule has 3 aromatic rings. The second-order valence-corrected chi connectivity index (χ2v) is 8.34. The molecule has 0 saturated heterocycles. The van der Waals surface area contributed by atoms with E-state index in [0.29, 0.717) is 5.69 Å². The van der Waals surface area contributed by atoms with Crippen LogP contribution in [0.1, 0.15) is 35.5 Å². The van der Waals surface area contributed by atoms with Crippen molar-refractivity contribution in [2.45, 2.75) is 32.5 Å². The number of alkyl halides is 2. The van der Waals surface area contributed by atoms with E-state index in [2.05, 4.69) is 20.5 Å². The molecule has 1 atom stereocenters. The molecule has 0 bridgehead atoms. The number of aromatic nitrogens is 3. The predicted octanol–water partition coefficient (Wildman–Crippen LogP) is 5.12. The van der Waals surface area contributed by atoms with Gasteiger partial charge in [0.15, 0.2) is 0 Å². The quantitative estimate of drug-likeness (QED) is 0.420. The van der Waals surface area contributed by atoms with Crippen molar-refractivity contribution < 1.29 is 22.7 Å². The third-order valence-electron chi connectivity index (χ3n) is 4.32. The largest absolute Gasteiger partial charge is 0.490 e. The van der Waals surface area contributed by atoms with Gasteiger partial charge in [0.25, 0.3) is 11.6 Å². The topological polar surface area (TPSA) is 106 Å². The minimum atomic E-state index is -3.29. The van der Waals surface area contributed by atoms with Crippen LogP contribution in [0, 0.1) is 12.7 Å². The summed E-state index contributed by atoms with van der Waals surface area (Å²) in [4.78, 5) is 16.8. The lowest BCUT2D eigenvalue weighted by Gasteiger charge is -2.17. The zero-order valence-electron chi connectivity index (χ0n) is 17.3. The molecule has 0 aliphatic rings. The molecule has 7 nitrogen and oxygen atoms in total. The highest BCUT2D eigenvalue weighted by atomic mass is 35.5. The fourth-order valence-electron chi connectivity index (χ4n) is 2.89. The summed E-state index contributed by atoms with van der Waals surface area (Å²) in [6, 6.07) is 4.18. The number of H-pyrrole nitrogens is 1. The van der Waals surface area contributed by atoms with Crippen LogP contribution in [-0.4, -0.2) is 27.2 Å². The van der Waals surface area contributed by atoms with E-state index in [9.17, 15) is 13.6 Å². The van der Waals surface area contributed by atoms with Gasteiger partial charge in [-0.05, 0) is 45.0 Å². The van der Waals surface area contributed by atoms with Crippen LogP contribution in [0.5, 0.6) is 5.75 Å². The predicted molar refractivity (Wildman–Crippen MR) is 120 cm³/mol. The van der Waals surface area contributed by atoms with Gasteiger partial charge in [-0.1, -0.05) is 20.8 Å². The Morgan fingerprint density at radius 2 is 2.00 bits per heavy atom. The zero-order valence-corrected chi connectivity index (χ0v) is 19.2. The van der Waals surface area contributed by atoms with E-state index in [1.165, 1.54) is 15.3 Å². The van der Waals surface area contributed by atoms with E-state index >= 15 is 4.39 Å². The average Bonchev–Trinajstić information content (AvgIpc) is 2.99. The number of nitrogens with two attached hydrogens (primary N) is 1. The summed E-state index contributed by atoms with van der Waals surface area (Å²) in [7, 11) is 1.39. The molecule has 1 unspecified atom stereocenters. The normalized spacial score (nSPS) is 11.7. The second-order valence-electron chi connectivity index (χ2n) is 7.24. The standard InChI is InChI=1S/C20H20ClF3N5O2P/c1-8(2)31-15-7-11(14-4-10(20(23,24)32)5-16(25)26-14)13(22)6-12(15)19(30)27-17-9(3)28-29-18(17)21/h4-8H,32H2,1-3H3,(H2,25,26)(H,27,30)(H,28,29). The van der Waals surface area contributed by atoms with Crippen LogP contribution in [0.25, 0.3) is 11.3 Å². The van der Waals surface area contributed by atoms with Gasteiger partial charge in [0, 0.05) is 11.1 Å². The van der Waals surface area contributed by atoms with Crippen molar-refractivity contribution in [3.63, 3.8) is 0 Å². The van der Waals surface area contributed by atoms with Gasteiger partial charge in [-0.2, -0.15) is 13.9 Å². The maximum absolute atomic E-state index is 15.1. The first-order valence-corrected chi connectivity index (χ1v) is 10.3. The van der Waals surface area contributed by atoms with Gasteiger partial charge in [0.2, 0.25) is 0 Å². The van der Waals surface area contributed by atoms with Crippen molar-refractivity contribution >= 4 is 38.3 Å². The number of hydrogen-bond acceptors (Lipinski definition) is 5. The van der Waals surface area contributed by atoms with Gasteiger partial charge >= 0.3 is 0 Å². The highest BCUT2D eigenvalue weighted by Crippen LogP contribution is 2.38. The lowest BCUT2D eigenvalue weighted by molar-refractivity contribution is 0.101. The minimum absolute atomic E-state index is 0.0228. The Morgan fingerprint density at radius 1 is 1.31 bits per heavy atom. The molecule has 32 heavy (non-hydrogen) atoms. The molecule has 0 fully saturated rings. The van der Waals surface area contributed by atoms with Crippen molar-refractivity contribution in [1.82, 2.24) is 15.2 Å². The summed E-state index contributed by atoms with van der Waals surface area (Å²) in [5.74, 6) is -1.76. The Bertz CT molecular complexity index is 1160. The highest BCUT2D eigenvalue weighted by molar-refractivity contribution is 7.17. The third kappa shape index (κ3) is 5.14. The number of hydrogen-bond donors (Lipinski definition) is 3. The molecule has 1 aromatic carbocycles. The number of nitrogens with zero attached hydrogens (tertiary/aromatic N) is 2. The van der Waals surface area contributed by atoms with Crippen molar-refractivity contribution in [3.8, 4) is 17.0 Å². The van der Waals surface area contributed by atoms with Crippen LogP contribution < -0.4 is 15.8 Å². The number of ether oxygens (including phenoxy) is 1. The van der Waals surface area contributed by atoms with Gasteiger partial charge in [-0.25, -0.2) is 9.37 Å². The fraction of sp³-hybridized carbons (Fsp3) is 0.250. The average molecular weight is 486 g/mol. The number of pyridine rings is 1. The summed E-state index contributed by atoms with van der Waals surface area (Å²) in [5, 5.41) is 9.07. The van der Waals surface area contributed by atoms with Crippen molar-refractivity contribution in [2.24, 2.45) is 0 Å². The van der Waals surface area contributed by atoms with E-state index < -0.39 is 23.0 Å². The first-order valence-electron chi connectivity index (χ1n) is 9.34. The van der Waals surface area contributed by atoms with Crippen LogP contribution in [-0.2, 0) is 5.66 Å². The molecule has 1 amide bonds. The number of benzene rings is 1. The zero-order chi connectivity index (χ0) is 23.8. The Morgan fingerprint density at radius 3 is 2.56 bits per heavy atom. The van der Waals surface area contributed by atoms with Gasteiger partial charge < -0.3 is 15.8 Å². The molecule has 2 heterocycles. The highest BCUT2D eigenvalue weighted by Gasteiger charge is 2.27. The SMILES string of the molecule is Cc1n[nH]c(Cl)c1NC(=O)c1cc(F)c(-c2cc(C(F)(F)P)cc(N)n2)cc1OC(C)C. The summed E-state index contributed by atoms with van der Waals surface area (Å²) in [5.41, 5.74) is 2.16. The monoisotopic (exact) mass is 485 g/mol. The molecule has 0 aliphatic carbocycles. The van der Waals surface area contributed by atoms with Gasteiger partial charge in [-0.15, -0.1) is 0 Å². The maximum Gasteiger partial charge on any atom is 0.284 e. The van der Waals surface area contributed by atoms with E-state index in [0.717, 1.165) is 18.2 Å². The Balaban J connectivity index is 2.10. The van der Waals surface area contributed by atoms with Crippen LogP contribution in [0.15, 0.2) is 24.3 Å². The first-order chi connectivity index (χ1) is 14.9. The lowest BCUT2D eigenvalue weighted by Crippen LogP contribution is -2.17. The van der Waals surface area contributed by atoms with Crippen molar-refractivity contribution in [2.75, 3.05) is 11.1 Å². The maximum atomic E-state index is 15.1. The number of halogens is 4. The molecule has 4 N–H and O–H groups in total. The molecule has 0 aliphatic heterocycles. The van der Waals surface area contributed by atoms with E-state index in [-0.39, 0.29) is 45.3 Å². The number of carbonyl (C=O) groups excluding carboxylic acids is 1. The Hall–Kier alpha value is -2.84. The number of aryl methyl sites for hydroxylation is 1. The van der Waals surface area contributed by atoms with E-state index in [1.807, 2.05) is 0 Å².